The highest BCUT2D eigenvalue weighted by molar-refractivity contribution is 7.22. The van der Waals surface area contributed by atoms with Crippen molar-refractivity contribution in [3.63, 3.8) is 0 Å². The van der Waals surface area contributed by atoms with Gasteiger partial charge in [-0.15, -0.1) is 11.3 Å². The lowest BCUT2D eigenvalue weighted by molar-refractivity contribution is 0.0988. The molecule has 0 bridgehead atoms. The minimum absolute atomic E-state index is 0.152. The van der Waals surface area contributed by atoms with Gasteiger partial charge in [0.2, 0.25) is 0 Å². The number of nitrogens with zero attached hydrogens (tertiary/aromatic N) is 3. The van der Waals surface area contributed by atoms with Crippen LogP contribution in [0.15, 0.2) is 48.7 Å². The van der Waals surface area contributed by atoms with Crippen molar-refractivity contribution in [1.82, 2.24) is 9.97 Å². The van der Waals surface area contributed by atoms with Crippen molar-refractivity contribution in [2.24, 2.45) is 0 Å². The molecular weight excluding hydrogens is 421 g/mol. The van der Waals surface area contributed by atoms with Crippen molar-refractivity contribution in [3.05, 3.63) is 74.2 Å². The third kappa shape index (κ3) is 3.71. The Morgan fingerprint density at radius 2 is 1.96 bits per heavy atom. The number of fused-ring (bicyclic) bond motifs is 1. The van der Waals surface area contributed by atoms with Crippen LogP contribution in [0.4, 0.5) is 5.13 Å². The molecule has 3 heterocycles. The van der Waals surface area contributed by atoms with Crippen LogP contribution in [0.25, 0.3) is 10.2 Å². The minimum Gasteiger partial charge on any atom is -0.277 e. The molecule has 0 saturated heterocycles. The van der Waals surface area contributed by atoms with Crippen LogP contribution in [0.3, 0.4) is 0 Å². The summed E-state index contributed by atoms with van der Waals surface area (Å²) >= 11 is 15.0. The van der Waals surface area contributed by atoms with Gasteiger partial charge in [-0.1, -0.05) is 40.6 Å². The second-order valence-electron chi connectivity index (χ2n) is 5.83. The molecule has 4 nitrogen and oxygen atoms in total. The number of hydrogen-bond donors (Lipinski definition) is 0. The molecule has 0 aliphatic carbocycles. The second-order valence-corrected chi connectivity index (χ2v) is 8.96. The number of pyridine rings is 1. The second kappa shape index (κ2) is 7.56. The first kappa shape index (κ1) is 18.4. The van der Waals surface area contributed by atoms with Crippen LogP contribution < -0.4 is 4.90 Å². The Morgan fingerprint density at radius 1 is 1.11 bits per heavy atom. The average Bonchev–Trinajstić information content (AvgIpc) is 3.30. The van der Waals surface area contributed by atoms with E-state index in [-0.39, 0.29) is 5.91 Å². The summed E-state index contributed by atoms with van der Waals surface area (Å²) in [5.41, 5.74) is 2.49. The lowest BCUT2D eigenvalue weighted by atomic mass is 10.2. The largest absolute Gasteiger partial charge is 0.277 e. The predicted octanol–water partition coefficient (Wildman–Crippen LogP) is 6.22. The summed E-state index contributed by atoms with van der Waals surface area (Å²) in [6, 6.07) is 12.9. The fraction of sp³-hybridized carbons (Fsp3) is 0.105. The van der Waals surface area contributed by atoms with Gasteiger partial charge in [-0.3, -0.25) is 14.7 Å². The number of rotatable bonds is 4. The van der Waals surface area contributed by atoms with Gasteiger partial charge in [-0.2, -0.15) is 0 Å². The van der Waals surface area contributed by atoms with Gasteiger partial charge >= 0.3 is 0 Å². The number of hydrogen-bond acceptors (Lipinski definition) is 5. The number of aryl methyl sites for hydroxylation is 1. The van der Waals surface area contributed by atoms with Crippen molar-refractivity contribution in [3.8, 4) is 0 Å². The highest BCUT2D eigenvalue weighted by Crippen LogP contribution is 2.35. The molecule has 1 amide bonds. The maximum absolute atomic E-state index is 13.2. The Balaban J connectivity index is 1.79. The highest BCUT2D eigenvalue weighted by Gasteiger charge is 2.24. The van der Waals surface area contributed by atoms with Crippen LogP contribution in [-0.4, -0.2) is 15.9 Å². The van der Waals surface area contributed by atoms with Crippen LogP contribution in [-0.2, 0) is 6.54 Å². The maximum atomic E-state index is 13.2. The molecule has 8 heteroatoms. The van der Waals surface area contributed by atoms with E-state index in [2.05, 4.69) is 4.98 Å². The van der Waals surface area contributed by atoms with E-state index in [1.807, 2.05) is 37.3 Å². The third-order valence-electron chi connectivity index (χ3n) is 4.04. The molecule has 0 radical (unpaired) electrons. The van der Waals surface area contributed by atoms with Gasteiger partial charge in [-0.05, 0) is 48.9 Å². The Bertz CT molecular complexity index is 1120. The normalized spacial score (nSPS) is 11.1. The van der Waals surface area contributed by atoms with E-state index >= 15 is 0 Å². The lowest BCUT2D eigenvalue weighted by Crippen LogP contribution is -2.30. The van der Waals surface area contributed by atoms with Gasteiger partial charge in [0.15, 0.2) is 5.13 Å². The lowest BCUT2D eigenvalue weighted by Gasteiger charge is -2.18. The SMILES string of the molecule is Cc1c(Cl)ccc2sc(N(Cc3ccccn3)C(=O)c3ccc(Cl)s3)nc12. The smallest absolute Gasteiger partial charge is 0.270 e. The topological polar surface area (TPSA) is 46.1 Å². The molecular formula is C19H13Cl2N3OS2. The van der Waals surface area contributed by atoms with Crippen molar-refractivity contribution < 1.29 is 4.79 Å². The molecule has 0 aliphatic rings. The molecule has 0 atom stereocenters. The van der Waals surface area contributed by atoms with Crippen molar-refractivity contribution >= 4 is 67.1 Å². The van der Waals surface area contributed by atoms with Gasteiger partial charge < -0.3 is 0 Å². The van der Waals surface area contributed by atoms with Gasteiger partial charge in [0.25, 0.3) is 5.91 Å². The van der Waals surface area contributed by atoms with Gasteiger partial charge in [-0.25, -0.2) is 4.98 Å². The number of amides is 1. The zero-order valence-corrected chi connectivity index (χ0v) is 17.3. The van der Waals surface area contributed by atoms with Crippen LogP contribution in [0, 0.1) is 6.92 Å². The first-order valence-corrected chi connectivity index (χ1v) is 10.4. The number of carbonyl (C=O) groups is 1. The van der Waals surface area contributed by atoms with Gasteiger partial charge in [0.1, 0.15) is 0 Å². The number of anilines is 1. The summed E-state index contributed by atoms with van der Waals surface area (Å²) < 4.78 is 1.55. The number of aromatic nitrogens is 2. The number of thiazole rings is 1. The summed E-state index contributed by atoms with van der Waals surface area (Å²) in [4.78, 5) is 24.4. The summed E-state index contributed by atoms with van der Waals surface area (Å²) in [6.45, 7) is 2.25. The highest BCUT2D eigenvalue weighted by atomic mass is 35.5. The molecule has 0 fully saturated rings. The van der Waals surface area contributed by atoms with Crippen molar-refractivity contribution in [2.75, 3.05) is 4.90 Å². The Hall–Kier alpha value is -1.99. The molecule has 1 aromatic carbocycles. The minimum atomic E-state index is -0.152. The fourth-order valence-corrected chi connectivity index (χ4v) is 4.81. The van der Waals surface area contributed by atoms with E-state index in [4.69, 9.17) is 28.2 Å². The van der Waals surface area contributed by atoms with Crippen molar-refractivity contribution in [1.29, 1.82) is 0 Å². The van der Waals surface area contributed by atoms with E-state index in [1.54, 1.807) is 23.2 Å². The van der Waals surface area contributed by atoms with Gasteiger partial charge in [0, 0.05) is 11.2 Å². The molecule has 0 unspecified atom stereocenters. The summed E-state index contributed by atoms with van der Waals surface area (Å²) in [6.07, 6.45) is 1.71. The van der Waals surface area contributed by atoms with E-state index < -0.39 is 0 Å². The number of thiophene rings is 1. The van der Waals surface area contributed by atoms with Crippen LogP contribution in [0.2, 0.25) is 9.36 Å². The molecule has 0 spiro atoms. The molecule has 0 aliphatic heterocycles. The molecule has 0 saturated carbocycles. The Labute approximate surface area is 174 Å². The monoisotopic (exact) mass is 433 g/mol. The summed E-state index contributed by atoms with van der Waals surface area (Å²) in [5.74, 6) is -0.152. The zero-order valence-electron chi connectivity index (χ0n) is 14.1. The molecule has 3 aromatic heterocycles. The quantitative estimate of drug-likeness (QED) is 0.383. The fourth-order valence-electron chi connectivity index (χ4n) is 2.65. The van der Waals surface area contributed by atoms with E-state index in [0.29, 0.717) is 25.9 Å². The van der Waals surface area contributed by atoms with Crippen LogP contribution >= 0.6 is 45.9 Å². The Morgan fingerprint density at radius 3 is 2.67 bits per heavy atom. The Kier molecular flexibility index (Phi) is 5.14. The van der Waals surface area contributed by atoms with E-state index in [0.717, 1.165) is 21.5 Å². The summed E-state index contributed by atoms with van der Waals surface area (Å²) in [5, 5.41) is 1.27. The van der Waals surface area contributed by atoms with Gasteiger partial charge in [0.05, 0.1) is 31.7 Å². The van der Waals surface area contributed by atoms with Crippen LogP contribution in [0.1, 0.15) is 20.9 Å². The molecule has 4 rings (SSSR count). The predicted molar refractivity (Wildman–Crippen MR) is 113 cm³/mol. The third-order valence-corrected chi connectivity index (χ3v) is 6.72. The number of carbonyl (C=O) groups excluding carboxylic acids is 1. The number of halogens is 2. The van der Waals surface area contributed by atoms with Crippen LogP contribution in [0.5, 0.6) is 0 Å². The average molecular weight is 434 g/mol. The zero-order chi connectivity index (χ0) is 19.0. The van der Waals surface area contributed by atoms with E-state index in [9.17, 15) is 4.79 Å². The molecule has 136 valence electrons. The maximum Gasteiger partial charge on any atom is 0.270 e. The molecule has 4 aromatic rings. The molecule has 0 N–H and O–H groups in total. The van der Waals surface area contributed by atoms with E-state index in [1.165, 1.54) is 22.7 Å². The first-order valence-electron chi connectivity index (χ1n) is 8.05. The van der Waals surface area contributed by atoms with Crippen molar-refractivity contribution in [2.45, 2.75) is 13.5 Å². The number of benzene rings is 1. The first-order chi connectivity index (χ1) is 13.0. The standard InChI is InChI=1S/C19H13Cl2N3OS2/c1-11-13(20)5-6-14-17(11)23-19(27-14)24(10-12-4-2-3-9-22-12)18(25)15-7-8-16(21)26-15/h2-9H,10H2,1H3. The molecule has 27 heavy (non-hydrogen) atoms. The summed E-state index contributed by atoms with van der Waals surface area (Å²) in [7, 11) is 0.